The second kappa shape index (κ2) is 8.32. The molecule has 2 aliphatic rings. The Morgan fingerprint density at radius 1 is 1.20 bits per heavy atom. The molecule has 4 rings (SSSR count). The van der Waals surface area contributed by atoms with Gasteiger partial charge in [0.25, 0.3) is 0 Å². The second-order valence-electron chi connectivity index (χ2n) is 9.41. The summed E-state index contributed by atoms with van der Waals surface area (Å²) in [6, 6.07) is 8.52. The number of aromatic amines is 1. The van der Waals surface area contributed by atoms with E-state index in [1.807, 2.05) is 0 Å². The number of fused-ring (bicyclic) bond motifs is 3. The molecular formula is C24H33N3O3. The number of hydrogen-bond donors (Lipinski definition) is 2. The number of nitrogens with one attached hydrogen (secondary N) is 1. The van der Waals surface area contributed by atoms with Crippen molar-refractivity contribution in [1.29, 1.82) is 0 Å². The number of amides is 2. The summed E-state index contributed by atoms with van der Waals surface area (Å²) in [5.41, 5.74) is 3.74. The van der Waals surface area contributed by atoms with Gasteiger partial charge in [-0.2, -0.15) is 0 Å². The molecule has 1 fully saturated rings. The van der Waals surface area contributed by atoms with Crippen LogP contribution in [0.2, 0.25) is 0 Å². The van der Waals surface area contributed by atoms with E-state index in [2.05, 4.69) is 48.0 Å². The minimum Gasteiger partial charge on any atom is -0.465 e. The maximum atomic E-state index is 13.5. The van der Waals surface area contributed by atoms with E-state index >= 15 is 0 Å². The van der Waals surface area contributed by atoms with Gasteiger partial charge in [-0.25, -0.2) is 4.79 Å². The Morgan fingerprint density at radius 3 is 2.57 bits per heavy atom. The summed E-state index contributed by atoms with van der Waals surface area (Å²) in [5, 5.41) is 10.4. The fraction of sp³-hybridized carbons (Fsp3) is 0.583. The van der Waals surface area contributed by atoms with Gasteiger partial charge in [0.15, 0.2) is 0 Å². The van der Waals surface area contributed by atoms with Crippen LogP contribution in [-0.2, 0) is 11.2 Å². The van der Waals surface area contributed by atoms with Crippen LogP contribution in [-0.4, -0.2) is 52.0 Å². The van der Waals surface area contributed by atoms with E-state index in [0.717, 1.165) is 44.2 Å². The average molecular weight is 412 g/mol. The molecule has 2 heterocycles. The predicted octanol–water partition coefficient (Wildman–Crippen LogP) is 4.67. The molecule has 2 aromatic rings. The predicted molar refractivity (Wildman–Crippen MR) is 117 cm³/mol. The maximum Gasteiger partial charge on any atom is 0.407 e. The number of benzene rings is 1. The quantitative estimate of drug-likeness (QED) is 0.768. The van der Waals surface area contributed by atoms with Gasteiger partial charge in [-0.3, -0.25) is 4.79 Å². The number of hydrogen-bond acceptors (Lipinski definition) is 2. The molecule has 2 N–H and O–H groups in total. The monoisotopic (exact) mass is 411 g/mol. The molecule has 162 valence electrons. The van der Waals surface area contributed by atoms with Crippen LogP contribution in [0.1, 0.15) is 56.8 Å². The Kier molecular flexibility index (Phi) is 5.76. The molecule has 0 bridgehead atoms. The van der Waals surface area contributed by atoms with Crippen molar-refractivity contribution in [2.24, 2.45) is 17.8 Å². The molecule has 1 aliphatic heterocycles. The largest absolute Gasteiger partial charge is 0.465 e. The zero-order valence-corrected chi connectivity index (χ0v) is 18.2. The molecule has 30 heavy (non-hydrogen) atoms. The molecule has 0 spiro atoms. The highest BCUT2D eigenvalue weighted by atomic mass is 16.4. The van der Waals surface area contributed by atoms with Crippen LogP contribution in [0, 0.1) is 17.8 Å². The summed E-state index contributed by atoms with van der Waals surface area (Å²) < 4.78 is 0. The van der Waals surface area contributed by atoms with Crippen molar-refractivity contribution in [3.05, 3.63) is 35.5 Å². The van der Waals surface area contributed by atoms with E-state index in [0.29, 0.717) is 18.4 Å². The lowest BCUT2D eigenvalue weighted by Gasteiger charge is -2.41. The standard InChI is InChI=1S/C24H33N3O3/c1-15(2)22-21-19(18-6-4-5-7-20(18)25-21)12-13-27(22)23(28)17-10-8-16(9-11-17)14-26(3)24(29)30/h4-7,15-17,22,25H,8-14H2,1-3H3,(H,29,30)/t16-,17-,22?. The van der Waals surface area contributed by atoms with E-state index < -0.39 is 6.09 Å². The zero-order chi connectivity index (χ0) is 21.4. The Bertz CT molecular complexity index is 927. The highest BCUT2D eigenvalue weighted by Crippen LogP contribution is 2.40. The molecule has 2 amide bonds. The molecule has 6 heteroatoms. The van der Waals surface area contributed by atoms with Gasteiger partial charge in [0.05, 0.1) is 6.04 Å². The van der Waals surface area contributed by atoms with Crippen molar-refractivity contribution in [3.63, 3.8) is 0 Å². The first-order chi connectivity index (χ1) is 14.4. The number of H-pyrrole nitrogens is 1. The molecule has 1 unspecified atom stereocenters. The molecule has 1 saturated carbocycles. The summed E-state index contributed by atoms with van der Waals surface area (Å²) >= 11 is 0. The molecule has 0 saturated heterocycles. The van der Waals surface area contributed by atoms with Gasteiger partial charge in [0, 0.05) is 42.7 Å². The molecule has 1 aromatic carbocycles. The topological polar surface area (TPSA) is 76.6 Å². The third kappa shape index (κ3) is 3.80. The Labute approximate surface area is 178 Å². The van der Waals surface area contributed by atoms with Crippen LogP contribution < -0.4 is 0 Å². The van der Waals surface area contributed by atoms with Gasteiger partial charge in [-0.1, -0.05) is 32.0 Å². The number of para-hydroxylation sites is 1. The highest BCUT2D eigenvalue weighted by Gasteiger charge is 2.38. The van der Waals surface area contributed by atoms with E-state index in [4.69, 9.17) is 5.11 Å². The van der Waals surface area contributed by atoms with Gasteiger partial charge >= 0.3 is 6.09 Å². The third-order valence-electron chi connectivity index (χ3n) is 7.05. The molecule has 1 aromatic heterocycles. The first kappa shape index (κ1) is 20.8. The lowest BCUT2D eigenvalue weighted by molar-refractivity contribution is -0.141. The first-order valence-corrected chi connectivity index (χ1v) is 11.2. The Hall–Kier alpha value is -2.50. The highest BCUT2D eigenvalue weighted by molar-refractivity contribution is 5.86. The smallest absolute Gasteiger partial charge is 0.407 e. The maximum absolute atomic E-state index is 13.5. The summed E-state index contributed by atoms with van der Waals surface area (Å²) in [6.45, 7) is 5.74. The van der Waals surface area contributed by atoms with Crippen molar-refractivity contribution < 1.29 is 14.7 Å². The molecule has 0 radical (unpaired) electrons. The fourth-order valence-electron chi connectivity index (χ4n) is 5.50. The van der Waals surface area contributed by atoms with E-state index in [9.17, 15) is 9.59 Å². The fourth-order valence-corrected chi connectivity index (χ4v) is 5.50. The lowest BCUT2D eigenvalue weighted by atomic mass is 9.80. The van der Waals surface area contributed by atoms with Crippen LogP contribution in [0.15, 0.2) is 24.3 Å². The zero-order valence-electron chi connectivity index (χ0n) is 18.2. The number of nitrogens with zero attached hydrogens (tertiary/aromatic N) is 2. The molecule has 6 nitrogen and oxygen atoms in total. The SMILES string of the molecule is CC(C)C1c2[nH]c3ccccc3c2CCN1C(=O)[C@H]1CC[C@H](CN(C)C(=O)O)CC1. The number of rotatable bonds is 4. The summed E-state index contributed by atoms with van der Waals surface area (Å²) in [7, 11) is 1.62. The van der Waals surface area contributed by atoms with Crippen molar-refractivity contribution >= 4 is 22.9 Å². The molecule has 1 atom stereocenters. The first-order valence-electron chi connectivity index (χ1n) is 11.2. The van der Waals surface area contributed by atoms with Crippen LogP contribution in [0.25, 0.3) is 10.9 Å². The molecule has 1 aliphatic carbocycles. The van der Waals surface area contributed by atoms with E-state index in [-0.39, 0.29) is 17.9 Å². The van der Waals surface area contributed by atoms with Gasteiger partial charge in [0.1, 0.15) is 0 Å². The lowest BCUT2D eigenvalue weighted by Crippen LogP contribution is -2.46. The minimum absolute atomic E-state index is 0.0589. The third-order valence-corrected chi connectivity index (χ3v) is 7.05. The van der Waals surface area contributed by atoms with Crippen molar-refractivity contribution in [2.75, 3.05) is 20.1 Å². The summed E-state index contributed by atoms with van der Waals surface area (Å²) in [5.74, 6) is 1.03. The van der Waals surface area contributed by atoms with Crippen molar-refractivity contribution in [2.45, 2.75) is 52.0 Å². The second-order valence-corrected chi connectivity index (χ2v) is 9.41. The van der Waals surface area contributed by atoms with Crippen LogP contribution in [0.5, 0.6) is 0 Å². The Morgan fingerprint density at radius 2 is 1.90 bits per heavy atom. The number of carbonyl (C=O) groups excluding carboxylic acids is 1. The Balaban J connectivity index is 1.48. The van der Waals surface area contributed by atoms with Crippen LogP contribution in [0.3, 0.4) is 0 Å². The van der Waals surface area contributed by atoms with Crippen molar-refractivity contribution in [3.8, 4) is 0 Å². The van der Waals surface area contributed by atoms with Gasteiger partial charge < -0.3 is 19.9 Å². The normalized spacial score (nSPS) is 24.1. The number of carbonyl (C=O) groups is 2. The number of aromatic nitrogens is 1. The summed E-state index contributed by atoms with van der Waals surface area (Å²) in [6.07, 6.45) is 3.58. The molecular weight excluding hydrogens is 378 g/mol. The van der Waals surface area contributed by atoms with Crippen LogP contribution >= 0.6 is 0 Å². The van der Waals surface area contributed by atoms with Gasteiger partial charge in [-0.15, -0.1) is 0 Å². The number of carboxylic acid groups (broad SMARTS) is 1. The minimum atomic E-state index is -0.879. The van der Waals surface area contributed by atoms with Gasteiger partial charge in [0.2, 0.25) is 5.91 Å². The average Bonchev–Trinajstić information content (AvgIpc) is 3.11. The van der Waals surface area contributed by atoms with E-state index in [1.54, 1.807) is 7.05 Å². The van der Waals surface area contributed by atoms with Gasteiger partial charge in [-0.05, 0) is 55.6 Å². The van der Waals surface area contributed by atoms with E-state index in [1.165, 1.54) is 21.5 Å². The summed E-state index contributed by atoms with van der Waals surface area (Å²) in [4.78, 5) is 31.7. The van der Waals surface area contributed by atoms with Crippen molar-refractivity contribution in [1.82, 2.24) is 14.8 Å². The van der Waals surface area contributed by atoms with Crippen LogP contribution in [0.4, 0.5) is 4.79 Å².